The van der Waals surface area contributed by atoms with E-state index in [0.29, 0.717) is 12.3 Å². The SMILES string of the molecule is O=C(CC1(N2CCOCC2)CCCC1)NCC1CCCC(O)C1. The van der Waals surface area contributed by atoms with Crippen molar-refractivity contribution in [1.82, 2.24) is 10.2 Å². The van der Waals surface area contributed by atoms with Crippen molar-refractivity contribution in [2.75, 3.05) is 32.8 Å². The lowest BCUT2D eigenvalue weighted by molar-refractivity contribution is -0.125. The van der Waals surface area contributed by atoms with Gasteiger partial charge < -0.3 is 15.2 Å². The Morgan fingerprint density at radius 2 is 1.91 bits per heavy atom. The first-order valence-electron chi connectivity index (χ1n) is 9.45. The maximum Gasteiger partial charge on any atom is 0.221 e. The average molecular weight is 324 g/mol. The molecule has 3 fully saturated rings. The minimum atomic E-state index is -0.167. The summed E-state index contributed by atoms with van der Waals surface area (Å²) in [6, 6.07) is 0. The maximum absolute atomic E-state index is 12.5. The number of ether oxygens (including phenoxy) is 1. The number of aliphatic hydroxyl groups is 1. The van der Waals surface area contributed by atoms with Gasteiger partial charge in [0.1, 0.15) is 0 Å². The zero-order valence-electron chi connectivity index (χ0n) is 14.3. The summed E-state index contributed by atoms with van der Waals surface area (Å²) in [7, 11) is 0. The highest BCUT2D eigenvalue weighted by atomic mass is 16.5. The Bertz CT molecular complexity index is 390. The molecular formula is C18H32N2O3. The van der Waals surface area contributed by atoms with Crippen LogP contribution in [0.5, 0.6) is 0 Å². The largest absolute Gasteiger partial charge is 0.393 e. The van der Waals surface area contributed by atoms with Crippen LogP contribution in [0.1, 0.15) is 57.8 Å². The molecule has 132 valence electrons. The van der Waals surface area contributed by atoms with Gasteiger partial charge in [-0.1, -0.05) is 19.3 Å². The Hall–Kier alpha value is -0.650. The van der Waals surface area contributed by atoms with E-state index >= 15 is 0 Å². The van der Waals surface area contributed by atoms with Crippen LogP contribution < -0.4 is 5.32 Å². The number of aliphatic hydroxyl groups excluding tert-OH is 1. The van der Waals surface area contributed by atoms with Gasteiger partial charge in [-0.15, -0.1) is 0 Å². The smallest absolute Gasteiger partial charge is 0.221 e. The Labute approximate surface area is 139 Å². The zero-order valence-corrected chi connectivity index (χ0v) is 14.3. The predicted molar refractivity (Wildman–Crippen MR) is 89.2 cm³/mol. The van der Waals surface area contributed by atoms with E-state index in [1.54, 1.807) is 0 Å². The molecule has 0 radical (unpaired) electrons. The van der Waals surface area contributed by atoms with Crippen molar-refractivity contribution in [2.24, 2.45) is 5.92 Å². The molecule has 2 atom stereocenters. The number of nitrogens with zero attached hydrogens (tertiary/aromatic N) is 1. The molecule has 1 amide bonds. The quantitative estimate of drug-likeness (QED) is 0.808. The van der Waals surface area contributed by atoms with Crippen molar-refractivity contribution in [3.8, 4) is 0 Å². The molecule has 0 aromatic rings. The first-order valence-corrected chi connectivity index (χ1v) is 9.45. The van der Waals surface area contributed by atoms with Crippen LogP contribution in [-0.2, 0) is 9.53 Å². The van der Waals surface area contributed by atoms with Gasteiger partial charge in [0.15, 0.2) is 0 Å². The van der Waals surface area contributed by atoms with Gasteiger partial charge in [-0.05, 0) is 38.0 Å². The second-order valence-corrected chi connectivity index (χ2v) is 7.70. The van der Waals surface area contributed by atoms with E-state index in [2.05, 4.69) is 10.2 Å². The number of hydrogen-bond acceptors (Lipinski definition) is 4. The average Bonchev–Trinajstić information content (AvgIpc) is 3.04. The summed E-state index contributed by atoms with van der Waals surface area (Å²) in [5.41, 5.74) is 0.0694. The van der Waals surface area contributed by atoms with E-state index in [0.717, 1.165) is 71.4 Å². The summed E-state index contributed by atoms with van der Waals surface area (Å²) >= 11 is 0. The van der Waals surface area contributed by atoms with Crippen LogP contribution in [0.15, 0.2) is 0 Å². The summed E-state index contributed by atoms with van der Waals surface area (Å²) in [6.45, 7) is 4.24. The van der Waals surface area contributed by atoms with Gasteiger partial charge in [0.05, 0.1) is 19.3 Å². The lowest BCUT2D eigenvalue weighted by Crippen LogP contribution is -2.54. The number of carbonyl (C=O) groups is 1. The van der Waals surface area contributed by atoms with E-state index < -0.39 is 0 Å². The van der Waals surface area contributed by atoms with Crippen molar-refractivity contribution >= 4 is 5.91 Å². The van der Waals surface area contributed by atoms with E-state index in [1.807, 2.05) is 0 Å². The molecule has 0 bridgehead atoms. The van der Waals surface area contributed by atoms with Crippen molar-refractivity contribution in [1.29, 1.82) is 0 Å². The molecule has 23 heavy (non-hydrogen) atoms. The first-order chi connectivity index (χ1) is 11.2. The summed E-state index contributed by atoms with van der Waals surface area (Å²) in [5, 5.41) is 12.9. The summed E-state index contributed by atoms with van der Waals surface area (Å²) in [4.78, 5) is 15.0. The first kappa shape index (κ1) is 17.2. The molecule has 1 heterocycles. The second-order valence-electron chi connectivity index (χ2n) is 7.70. The summed E-state index contributed by atoms with van der Waals surface area (Å²) in [6.07, 6.45) is 9.19. The molecule has 3 aliphatic rings. The molecule has 0 spiro atoms. The van der Waals surface area contributed by atoms with E-state index in [4.69, 9.17) is 4.74 Å². The number of hydrogen-bond donors (Lipinski definition) is 2. The number of amides is 1. The molecule has 5 heteroatoms. The van der Waals surface area contributed by atoms with Crippen LogP contribution in [0, 0.1) is 5.92 Å². The normalized spacial score (nSPS) is 31.9. The van der Waals surface area contributed by atoms with Crippen molar-refractivity contribution < 1.29 is 14.6 Å². The Kier molecular flexibility index (Phi) is 5.94. The van der Waals surface area contributed by atoms with Crippen LogP contribution >= 0.6 is 0 Å². The number of morpholine rings is 1. The molecular weight excluding hydrogens is 292 g/mol. The predicted octanol–water partition coefficient (Wildman–Crippen LogP) is 1.69. The van der Waals surface area contributed by atoms with Crippen molar-refractivity contribution in [2.45, 2.75) is 69.4 Å². The van der Waals surface area contributed by atoms with Crippen LogP contribution in [-0.4, -0.2) is 60.4 Å². The molecule has 5 nitrogen and oxygen atoms in total. The van der Waals surface area contributed by atoms with Gasteiger partial charge in [-0.3, -0.25) is 9.69 Å². The van der Waals surface area contributed by atoms with Crippen molar-refractivity contribution in [3.63, 3.8) is 0 Å². The molecule has 2 unspecified atom stereocenters. The minimum absolute atomic E-state index is 0.0694. The molecule has 2 saturated carbocycles. The van der Waals surface area contributed by atoms with Gasteiger partial charge in [0.2, 0.25) is 5.91 Å². The highest BCUT2D eigenvalue weighted by Crippen LogP contribution is 2.38. The molecule has 2 aliphatic carbocycles. The molecule has 3 rings (SSSR count). The van der Waals surface area contributed by atoms with E-state index in [9.17, 15) is 9.90 Å². The topological polar surface area (TPSA) is 61.8 Å². The molecule has 0 aromatic heterocycles. The fraction of sp³-hybridized carbons (Fsp3) is 0.944. The lowest BCUT2D eigenvalue weighted by Gasteiger charge is -2.43. The molecule has 0 aromatic carbocycles. The Morgan fingerprint density at radius 3 is 2.61 bits per heavy atom. The summed E-state index contributed by atoms with van der Waals surface area (Å²) < 4.78 is 5.48. The van der Waals surface area contributed by atoms with Crippen LogP contribution in [0.3, 0.4) is 0 Å². The van der Waals surface area contributed by atoms with Gasteiger partial charge in [-0.25, -0.2) is 0 Å². The zero-order chi connectivity index (χ0) is 16.1. The number of carbonyl (C=O) groups excluding carboxylic acids is 1. The fourth-order valence-electron chi connectivity index (χ4n) is 4.74. The third-order valence-electron chi connectivity index (χ3n) is 6.05. The molecule has 2 N–H and O–H groups in total. The highest BCUT2D eigenvalue weighted by molar-refractivity contribution is 5.77. The summed E-state index contributed by atoms with van der Waals surface area (Å²) in [5.74, 6) is 0.643. The number of rotatable bonds is 5. The highest BCUT2D eigenvalue weighted by Gasteiger charge is 2.41. The van der Waals surface area contributed by atoms with E-state index in [-0.39, 0.29) is 17.6 Å². The van der Waals surface area contributed by atoms with Crippen molar-refractivity contribution in [3.05, 3.63) is 0 Å². The fourth-order valence-corrected chi connectivity index (χ4v) is 4.74. The van der Waals surface area contributed by atoms with Crippen LogP contribution in [0.25, 0.3) is 0 Å². The Balaban J connectivity index is 1.50. The monoisotopic (exact) mass is 324 g/mol. The van der Waals surface area contributed by atoms with Gasteiger partial charge in [0.25, 0.3) is 0 Å². The third kappa shape index (κ3) is 4.46. The van der Waals surface area contributed by atoms with E-state index in [1.165, 1.54) is 12.8 Å². The lowest BCUT2D eigenvalue weighted by atomic mass is 9.87. The molecule has 1 saturated heterocycles. The maximum atomic E-state index is 12.5. The van der Waals surface area contributed by atoms with Gasteiger partial charge in [-0.2, -0.15) is 0 Å². The second kappa shape index (κ2) is 7.95. The number of nitrogens with one attached hydrogen (secondary N) is 1. The minimum Gasteiger partial charge on any atom is -0.393 e. The third-order valence-corrected chi connectivity index (χ3v) is 6.05. The van der Waals surface area contributed by atoms with Crippen LogP contribution in [0.2, 0.25) is 0 Å². The Morgan fingerprint density at radius 1 is 1.17 bits per heavy atom. The standard InChI is InChI=1S/C18H32N2O3/c21-16-5-3-4-15(12-16)14-19-17(22)13-18(6-1-2-7-18)20-8-10-23-11-9-20/h15-16,21H,1-14H2,(H,19,22). The van der Waals surface area contributed by atoms with Gasteiger partial charge in [0, 0.05) is 31.6 Å². The van der Waals surface area contributed by atoms with Gasteiger partial charge >= 0.3 is 0 Å². The molecule has 1 aliphatic heterocycles. The van der Waals surface area contributed by atoms with Crippen LogP contribution in [0.4, 0.5) is 0 Å².